The molecule has 0 aromatic carbocycles. The SMILES string of the molecule is CC(=O)C(=NCC(=O)Nc1ncccn1)C(=O)O. The zero-order chi connectivity index (χ0) is 13.5. The van der Waals surface area contributed by atoms with Crippen LogP contribution in [0.25, 0.3) is 0 Å². The van der Waals surface area contributed by atoms with E-state index < -0.39 is 29.9 Å². The van der Waals surface area contributed by atoms with Gasteiger partial charge in [0.15, 0.2) is 11.5 Å². The van der Waals surface area contributed by atoms with Crippen LogP contribution in [0.3, 0.4) is 0 Å². The van der Waals surface area contributed by atoms with E-state index in [9.17, 15) is 14.4 Å². The van der Waals surface area contributed by atoms with Gasteiger partial charge in [-0.15, -0.1) is 0 Å². The second-order valence-electron chi connectivity index (χ2n) is 3.15. The minimum atomic E-state index is -1.47. The molecular weight excluding hydrogens is 240 g/mol. The third kappa shape index (κ3) is 4.08. The summed E-state index contributed by atoms with van der Waals surface area (Å²) in [5.74, 6) is -2.71. The number of aromatic nitrogens is 2. The molecule has 2 N–H and O–H groups in total. The number of carbonyl (C=O) groups is 3. The summed E-state index contributed by atoms with van der Waals surface area (Å²) in [7, 11) is 0. The lowest BCUT2D eigenvalue weighted by Gasteiger charge is -2.00. The van der Waals surface area contributed by atoms with Crippen molar-refractivity contribution in [3.63, 3.8) is 0 Å². The van der Waals surface area contributed by atoms with Gasteiger partial charge in [0.25, 0.3) is 0 Å². The number of carboxylic acids is 1. The molecule has 0 saturated heterocycles. The number of Topliss-reactive ketones (excluding diaryl/α,β-unsaturated/α-hetero) is 1. The Morgan fingerprint density at radius 1 is 1.33 bits per heavy atom. The average Bonchev–Trinajstić information content (AvgIpc) is 2.29. The van der Waals surface area contributed by atoms with Crippen molar-refractivity contribution in [3.8, 4) is 0 Å². The first-order valence-corrected chi connectivity index (χ1v) is 4.86. The summed E-state index contributed by atoms with van der Waals surface area (Å²) >= 11 is 0. The van der Waals surface area contributed by atoms with Crippen LogP contribution in [0.1, 0.15) is 6.92 Å². The maximum atomic E-state index is 11.4. The molecule has 1 rings (SSSR count). The van der Waals surface area contributed by atoms with Crippen molar-refractivity contribution >= 4 is 29.3 Å². The lowest BCUT2D eigenvalue weighted by Crippen LogP contribution is -2.24. The molecule has 94 valence electrons. The number of aliphatic imine (C=N–C) groups is 1. The first-order valence-electron chi connectivity index (χ1n) is 4.86. The highest BCUT2D eigenvalue weighted by Gasteiger charge is 2.15. The van der Waals surface area contributed by atoms with Crippen LogP contribution in [0.5, 0.6) is 0 Å². The highest BCUT2D eigenvalue weighted by Crippen LogP contribution is 1.94. The monoisotopic (exact) mass is 250 g/mol. The second-order valence-corrected chi connectivity index (χ2v) is 3.15. The molecule has 0 saturated carbocycles. The van der Waals surface area contributed by atoms with E-state index in [4.69, 9.17) is 5.11 Å². The summed E-state index contributed by atoms with van der Waals surface area (Å²) in [6.07, 6.45) is 2.87. The van der Waals surface area contributed by atoms with Gasteiger partial charge in [0.1, 0.15) is 6.54 Å². The van der Waals surface area contributed by atoms with Gasteiger partial charge in [-0.3, -0.25) is 19.9 Å². The lowest BCUT2D eigenvalue weighted by molar-refractivity contribution is -0.130. The van der Waals surface area contributed by atoms with Crippen molar-refractivity contribution in [2.75, 3.05) is 11.9 Å². The van der Waals surface area contributed by atoms with Crippen molar-refractivity contribution in [1.29, 1.82) is 0 Å². The van der Waals surface area contributed by atoms with Gasteiger partial charge < -0.3 is 5.11 Å². The van der Waals surface area contributed by atoms with Gasteiger partial charge >= 0.3 is 5.97 Å². The Morgan fingerprint density at radius 2 is 1.94 bits per heavy atom. The molecule has 18 heavy (non-hydrogen) atoms. The lowest BCUT2D eigenvalue weighted by atomic mass is 10.3. The molecule has 1 aromatic heterocycles. The fraction of sp³-hybridized carbons (Fsp3) is 0.200. The average molecular weight is 250 g/mol. The number of hydrogen-bond donors (Lipinski definition) is 2. The second kappa shape index (κ2) is 6.18. The Balaban J connectivity index is 2.63. The molecule has 0 unspecified atom stereocenters. The Labute approximate surface area is 102 Å². The maximum Gasteiger partial charge on any atom is 0.357 e. The molecule has 8 heteroatoms. The van der Waals surface area contributed by atoms with E-state index >= 15 is 0 Å². The predicted octanol–water partition coefficient (Wildman–Crippen LogP) is -0.470. The Morgan fingerprint density at radius 3 is 2.44 bits per heavy atom. The molecule has 1 heterocycles. The van der Waals surface area contributed by atoms with Gasteiger partial charge in [-0.05, 0) is 6.07 Å². The summed E-state index contributed by atoms with van der Waals surface area (Å²) in [6, 6.07) is 1.58. The normalized spacial score (nSPS) is 10.8. The number of ketones is 1. The van der Waals surface area contributed by atoms with Crippen LogP contribution in [-0.4, -0.2) is 45.0 Å². The number of amides is 1. The minimum Gasteiger partial charge on any atom is -0.476 e. The fourth-order valence-electron chi connectivity index (χ4n) is 1.01. The summed E-state index contributed by atoms with van der Waals surface area (Å²) in [5, 5.41) is 10.9. The first-order chi connectivity index (χ1) is 8.50. The van der Waals surface area contributed by atoms with Crippen molar-refractivity contribution in [1.82, 2.24) is 9.97 Å². The molecule has 1 aromatic rings. The van der Waals surface area contributed by atoms with Gasteiger partial charge in [-0.25, -0.2) is 14.8 Å². The molecule has 0 atom stereocenters. The zero-order valence-corrected chi connectivity index (χ0v) is 9.45. The van der Waals surface area contributed by atoms with E-state index in [-0.39, 0.29) is 5.95 Å². The number of nitrogens with zero attached hydrogens (tertiary/aromatic N) is 3. The topological polar surface area (TPSA) is 122 Å². The van der Waals surface area contributed by atoms with E-state index in [1.807, 2.05) is 0 Å². The van der Waals surface area contributed by atoms with Crippen LogP contribution < -0.4 is 5.32 Å². The van der Waals surface area contributed by atoms with Gasteiger partial charge in [0.2, 0.25) is 11.9 Å². The molecule has 0 aliphatic carbocycles. The van der Waals surface area contributed by atoms with Crippen molar-refractivity contribution in [3.05, 3.63) is 18.5 Å². The van der Waals surface area contributed by atoms with Crippen molar-refractivity contribution in [2.24, 2.45) is 4.99 Å². The minimum absolute atomic E-state index is 0.0809. The van der Waals surface area contributed by atoms with Gasteiger partial charge in [0.05, 0.1) is 0 Å². The van der Waals surface area contributed by atoms with E-state index in [1.54, 1.807) is 6.07 Å². The Kier molecular flexibility index (Phi) is 4.61. The molecule has 0 aliphatic rings. The van der Waals surface area contributed by atoms with Gasteiger partial charge in [-0.2, -0.15) is 0 Å². The van der Waals surface area contributed by atoms with E-state index in [0.29, 0.717) is 0 Å². The number of aliphatic carboxylic acids is 1. The summed E-state index contributed by atoms with van der Waals surface area (Å²) in [5.41, 5.74) is -0.667. The number of rotatable bonds is 5. The molecule has 0 radical (unpaired) electrons. The number of carbonyl (C=O) groups excluding carboxylic acids is 2. The van der Waals surface area contributed by atoms with Crippen LogP contribution in [0.15, 0.2) is 23.5 Å². The third-order valence-corrected chi connectivity index (χ3v) is 1.73. The van der Waals surface area contributed by atoms with Crippen LogP contribution in [-0.2, 0) is 14.4 Å². The molecule has 8 nitrogen and oxygen atoms in total. The Hall–Kier alpha value is -2.64. The van der Waals surface area contributed by atoms with E-state index in [0.717, 1.165) is 6.92 Å². The van der Waals surface area contributed by atoms with Crippen molar-refractivity contribution < 1.29 is 19.5 Å². The van der Waals surface area contributed by atoms with Crippen LogP contribution in [0, 0.1) is 0 Å². The quantitative estimate of drug-likeness (QED) is 0.538. The highest BCUT2D eigenvalue weighted by molar-refractivity contribution is 6.63. The molecule has 0 aliphatic heterocycles. The van der Waals surface area contributed by atoms with Crippen LogP contribution in [0.4, 0.5) is 5.95 Å². The highest BCUT2D eigenvalue weighted by atomic mass is 16.4. The fourth-order valence-corrected chi connectivity index (χ4v) is 1.01. The Bertz CT molecular complexity index is 482. The number of hydrogen-bond acceptors (Lipinski definition) is 6. The maximum absolute atomic E-state index is 11.4. The van der Waals surface area contributed by atoms with Crippen LogP contribution >= 0.6 is 0 Å². The largest absolute Gasteiger partial charge is 0.476 e. The van der Waals surface area contributed by atoms with Gasteiger partial charge in [0, 0.05) is 19.3 Å². The first kappa shape index (κ1) is 13.4. The number of anilines is 1. The number of nitrogens with one attached hydrogen (secondary N) is 1. The number of carboxylic acid groups (broad SMARTS) is 1. The van der Waals surface area contributed by atoms with Gasteiger partial charge in [-0.1, -0.05) is 0 Å². The standard InChI is InChI=1S/C10H10N4O4/c1-6(15)8(9(17)18)13-5-7(16)14-10-11-3-2-4-12-10/h2-4H,5H2,1H3,(H,17,18)(H,11,12,14,16). The molecule has 0 bridgehead atoms. The molecule has 0 spiro atoms. The summed E-state index contributed by atoms with van der Waals surface area (Å²) in [6.45, 7) is 0.574. The molecular formula is C10H10N4O4. The summed E-state index contributed by atoms with van der Waals surface area (Å²) < 4.78 is 0. The van der Waals surface area contributed by atoms with E-state index in [1.165, 1.54) is 12.4 Å². The smallest absolute Gasteiger partial charge is 0.357 e. The third-order valence-electron chi connectivity index (χ3n) is 1.73. The molecule has 1 amide bonds. The zero-order valence-electron chi connectivity index (χ0n) is 9.45. The molecule has 0 fully saturated rings. The van der Waals surface area contributed by atoms with Crippen molar-refractivity contribution in [2.45, 2.75) is 6.92 Å². The van der Waals surface area contributed by atoms with Crippen LogP contribution in [0.2, 0.25) is 0 Å². The predicted molar refractivity (Wildman–Crippen MR) is 61.3 cm³/mol. The summed E-state index contributed by atoms with van der Waals surface area (Å²) in [4.78, 5) is 43.8. The van der Waals surface area contributed by atoms with E-state index in [2.05, 4.69) is 20.3 Å².